The Morgan fingerprint density at radius 1 is 1.03 bits per heavy atom. The maximum absolute atomic E-state index is 13.4. The van der Waals surface area contributed by atoms with Gasteiger partial charge in [-0.25, -0.2) is 0 Å². The van der Waals surface area contributed by atoms with Gasteiger partial charge in [-0.1, -0.05) is 42.5 Å². The first-order chi connectivity index (χ1) is 16.4. The van der Waals surface area contributed by atoms with Crippen molar-refractivity contribution in [1.29, 1.82) is 0 Å². The zero-order chi connectivity index (χ0) is 24.0. The molecule has 7 heteroatoms. The Balaban J connectivity index is 1.44. The van der Waals surface area contributed by atoms with Crippen LogP contribution in [0, 0.1) is 0 Å². The van der Waals surface area contributed by atoms with Crippen LogP contribution >= 0.6 is 11.8 Å². The van der Waals surface area contributed by atoms with Gasteiger partial charge >= 0.3 is 0 Å². The summed E-state index contributed by atoms with van der Waals surface area (Å²) in [6, 6.07) is 18.4. The number of nitrogens with one attached hydrogen (secondary N) is 2. The lowest BCUT2D eigenvalue weighted by molar-refractivity contribution is -0.133. The van der Waals surface area contributed by atoms with E-state index in [1.54, 1.807) is 11.8 Å². The lowest BCUT2D eigenvalue weighted by Gasteiger charge is -2.31. The minimum atomic E-state index is -0.395. The van der Waals surface area contributed by atoms with Crippen LogP contribution in [0.2, 0.25) is 0 Å². The molecule has 2 N–H and O–H groups in total. The molecule has 0 saturated carbocycles. The van der Waals surface area contributed by atoms with Crippen molar-refractivity contribution in [3.05, 3.63) is 65.7 Å². The van der Waals surface area contributed by atoms with E-state index in [1.165, 1.54) is 10.5 Å². The largest absolute Gasteiger partial charge is 0.352 e. The lowest BCUT2D eigenvalue weighted by Crippen LogP contribution is -2.46. The van der Waals surface area contributed by atoms with Crippen molar-refractivity contribution in [2.45, 2.75) is 68.0 Å². The molecule has 2 saturated heterocycles. The second-order valence-corrected chi connectivity index (χ2v) is 10.3. The van der Waals surface area contributed by atoms with Gasteiger partial charge < -0.3 is 15.5 Å². The number of carbonyl (C=O) groups excluding carboxylic acids is 3. The molecule has 2 atom stereocenters. The number of hydrogen-bond donors (Lipinski definition) is 2. The van der Waals surface area contributed by atoms with Crippen molar-refractivity contribution >= 4 is 29.5 Å². The number of benzene rings is 2. The Bertz CT molecular complexity index is 1010. The highest BCUT2D eigenvalue weighted by atomic mass is 32.2. The van der Waals surface area contributed by atoms with Crippen molar-refractivity contribution in [1.82, 2.24) is 15.5 Å². The summed E-state index contributed by atoms with van der Waals surface area (Å²) in [5.74, 6) is 0.170. The predicted octanol–water partition coefficient (Wildman–Crippen LogP) is 3.69. The van der Waals surface area contributed by atoms with Gasteiger partial charge in [-0.3, -0.25) is 14.4 Å². The summed E-state index contributed by atoms with van der Waals surface area (Å²) in [4.78, 5) is 40.4. The fourth-order valence-electron chi connectivity index (χ4n) is 4.96. The summed E-state index contributed by atoms with van der Waals surface area (Å²) in [7, 11) is 0. The molecule has 2 aliphatic rings. The molecular formula is C27H33N3O3S. The number of nitrogens with zero attached hydrogens (tertiary/aromatic N) is 1. The highest BCUT2D eigenvalue weighted by molar-refractivity contribution is 7.98. The predicted molar refractivity (Wildman–Crippen MR) is 134 cm³/mol. The number of carbonyl (C=O) groups is 3. The summed E-state index contributed by atoms with van der Waals surface area (Å²) < 4.78 is 0. The number of amides is 3. The smallest absolute Gasteiger partial charge is 0.223 e. The molecule has 180 valence electrons. The molecule has 3 amide bonds. The van der Waals surface area contributed by atoms with Crippen LogP contribution in [0.5, 0.6) is 0 Å². The van der Waals surface area contributed by atoms with Gasteiger partial charge in [0.2, 0.25) is 17.7 Å². The zero-order valence-electron chi connectivity index (χ0n) is 19.7. The molecule has 0 radical (unpaired) electrons. The third kappa shape index (κ3) is 6.41. The molecule has 0 bridgehead atoms. The van der Waals surface area contributed by atoms with Crippen LogP contribution in [0.3, 0.4) is 0 Å². The van der Waals surface area contributed by atoms with Gasteiger partial charge in [0.15, 0.2) is 0 Å². The second kappa shape index (κ2) is 11.1. The number of thioether (sulfide) groups is 1. The van der Waals surface area contributed by atoms with Gasteiger partial charge in [-0.2, -0.15) is 0 Å². The summed E-state index contributed by atoms with van der Waals surface area (Å²) in [6.45, 7) is 1.02. The third-order valence-corrected chi connectivity index (χ3v) is 7.59. The van der Waals surface area contributed by atoms with Crippen LogP contribution in [0.1, 0.15) is 49.7 Å². The van der Waals surface area contributed by atoms with E-state index in [0.29, 0.717) is 38.8 Å². The molecule has 2 aromatic carbocycles. The fraction of sp³-hybridized carbons (Fsp3) is 0.444. The first kappa shape index (κ1) is 24.3. The minimum Gasteiger partial charge on any atom is -0.352 e. The average molecular weight is 480 g/mol. The molecule has 2 fully saturated rings. The normalized spacial score (nSPS) is 21.9. The Labute approximate surface area is 205 Å². The van der Waals surface area contributed by atoms with E-state index in [4.69, 9.17) is 0 Å². The van der Waals surface area contributed by atoms with Gasteiger partial charge in [-0.05, 0) is 55.2 Å². The average Bonchev–Trinajstić information content (AvgIpc) is 3.43. The van der Waals surface area contributed by atoms with Gasteiger partial charge in [-0.15, -0.1) is 11.8 Å². The summed E-state index contributed by atoms with van der Waals surface area (Å²) in [6.07, 6.45) is 6.24. The first-order valence-electron chi connectivity index (χ1n) is 12.0. The molecule has 2 heterocycles. The van der Waals surface area contributed by atoms with Crippen LogP contribution in [-0.4, -0.2) is 47.0 Å². The Hall–Kier alpha value is -2.80. The number of rotatable bonds is 10. The SMILES string of the molecule is CSc1ccc(C[C@@]2(CCC(=O)N(Cc3ccccc3)C[C@@H]3CCC(=O)N3)CCC(=O)N2)cc1. The summed E-state index contributed by atoms with van der Waals surface area (Å²) in [5, 5.41) is 6.18. The quantitative estimate of drug-likeness (QED) is 0.510. The van der Waals surface area contributed by atoms with Crippen molar-refractivity contribution in [3.8, 4) is 0 Å². The minimum absolute atomic E-state index is 0.00439. The molecule has 6 nitrogen and oxygen atoms in total. The van der Waals surface area contributed by atoms with Crippen LogP contribution in [0.4, 0.5) is 0 Å². The molecule has 2 aliphatic heterocycles. The molecule has 34 heavy (non-hydrogen) atoms. The van der Waals surface area contributed by atoms with Gasteiger partial charge in [0.05, 0.1) is 0 Å². The van der Waals surface area contributed by atoms with Crippen molar-refractivity contribution in [3.63, 3.8) is 0 Å². The molecular weight excluding hydrogens is 446 g/mol. The van der Waals surface area contributed by atoms with E-state index < -0.39 is 5.54 Å². The topological polar surface area (TPSA) is 78.5 Å². The Morgan fingerprint density at radius 2 is 1.79 bits per heavy atom. The van der Waals surface area contributed by atoms with E-state index in [-0.39, 0.29) is 23.8 Å². The summed E-state index contributed by atoms with van der Waals surface area (Å²) >= 11 is 1.70. The van der Waals surface area contributed by atoms with Crippen molar-refractivity contribution < 1.29 is 14.4 Å². The lowest BCUT2D eigenvalue weighted by atomic mass is 9.85. The van der Waals surface area contributed by atoms with E-state index in [2.05, 4.69) is 41.2 Å². The monoisotopic (exact) mass is 479 g/mol. The van der Waals surface area contributed by atoms with E-state index in [0.717, 1.165) is 24.8 Å². The summed E-state index contributed by atoms with van der Waals surface area (Å²) in [5.41, 5.74) is 1.84. The third-order valence-electron chi connectivity index (χ3n) is 6.85. The second-order valence-electron chi connectivity index (χ2n) is 9.42. The van der Waals surface area contributed by atoms with Crippen LogP contribution < -0.4 is 10.6 Å². The zero-order valence-corrected chi connectivity index (χ0v) is 20.5. The molecule has 2 aromatic rings. The molecule has 0 unspecified atom stereocenters. The highest BCUT2D eigenvalue weighted by Gasteiger charge is 2.38. The van der Waals surface area contributed by atoms with Crippen molar-refractivity contribution in [2.24, 2.45) is 0 Å². The van der Waals surface area contributed by atoms with Crippen LogP contribution in [-0.2, 0) is 27.3 Å². The Morgan fingerprint density at radius 3 is 2.41 bits per heavy atom. The maximum atomic E-state index is 13.4. The van der Waals surface area contributed by atoms with Crippen LogP contribution in [0.15, 0.2) is 59.5 Å². The van der Waals surface area contributed by atoms with E-state index in [1.807, 2.05) is 35.2 Å². The number of hydrogen-bond acceptors (Lipinski definition) is 4. The van der Waals surface area contributed by atoms with E-state index >= 15 is 0 Å². The highest BCUT2D eigenvalue weighted by Crippen LogP contribution is 2.31. The Kier molecular flexibility index (Phi) is 7.93. The van der Waals surface area contributed by atoms with Gasteiger partial charge in [0.1, 0.15) is 0 Å². The van der Waals surface area contributed by atoms with Crippen LogP contribution in [0.25, 0.3) is 0 Å². The standard InChI is InChI=1S/C27H33N3O3S/c1-34-23-10-7-20(8-11-23)17-27(15-13-25(32)29-27)16-14-26(33)30(18-21-5-3-2-4-6-21)19-22-9-12-24(31)28-22/h2-8,10-11,22H,9,12-19H2,1H3,(H,28,31)(H,29,32)/t22-,27-/m0/s1. The molecule has 0 aliphatic carbocycles. The molecule has 0 spiro atoms. The molecule has 4 rings (SSSR count). The first-order valence-corrected chi connectivity index (χ1v) is 13.2. The van der Waals surface area contributed by atoms with Crippen molar-refractivity contribution in [2.75, 3.05) is 12.8 Å². The molecule has 0 aromatic heterocycles. The maximum Gasteiger partial charge on any atom is 0.223 e. The van der Waals surface area contributed by atoms with Gasteiger partial charge in [0.25, 0.3) is 0 Å². The van der Waals surface area contributed by atoms with Gasteiger partial charge in [0, 0.05) is 48.8 Å². The van der Waals surface area contributed by atoms with E-state index in [9.17, 15) is 14.4 Å². The fourth-order valence-corrected chi connectivity index (χ4v) is 5.37.